The Morgan fingerprint density at radius 2 is 1.85 bits per heavy atom. The Bertz CT molecular complexity index is 724. The zero-order valence-electron chi connectivity index (χ0n) is 15.3. The summed E-state index contributed by atoms with van der Waals surface area (Å²) in [7, 11) is 1.37. The fourth-order valence-corrected chi connectivity index (χ4v) is 1.82. The molecule has 142 valence electrons. The smallest absolute Gasteiger partial charge is 0.408 e. The number of carboxylic acid groups (broad SMARTS) is 1. The molecule has 1 amide bonds. The van der Waals surface area contributed by atoms with Gasteiger partial charge >= 0.3 is 12.1 Å². The number of hydrogen-bond acceptors (Lipinski definition) is 7. The van der Waals surface area contributed by atoms with Gasteiger partial charge < -0.3 is 24.6 Å². The maximum absolute atomic E-state index is 11.7. The molecule has 0 saturated carbocycles. The second kappa shape index (κ2) is 8.32. The van der Waals surface area contributed by atoms with Gasteiger partial charge in [0.05, 0.1) is 18.2 Å². The molecule has 0 fully saturated rings. The highest BCUT2D eigenvalue weighted by Crippen LogP contribution is 2.21. The zero-order chi connectivity index (χ0) is 20.1. The molecule has 0 bridgehead atoms. The molecule has 1 rings (SSSR count). The fourth-order valence-electron chi connectivity index (χ4n) is 1.82. The van der Waals surface area contributed by atoms with Crippen LogP contribution in [-0.4, -0.2) is 47.7 Å². The van der Waals surface area contributed by atoms with Crippen molar-refractivity contribution >= 4 is 23.9 Å². The molecule has 0 heterocycles. The minimum Gasteiger partial charge on any atom is -0.496 e. The van der Waals surface area contributed by atoms with Gasteiger partial charge in [-0.05, 0) is 45.9 Å². The number of carboxylic acids is 1. The van der Waals surface area contributed by atoms with E-state index < -0.39 is 35.5 Å². The Morgan fingerprint density at radius 1 is 1.23 bits per heavy atom. The van der Waals surface area contributed by atoms with Gasteiger partial charge in [-0.15, -0.1) is 0 Å². The van der Waals surface area contributed by atoms with E-state index >= 15 is 0 Å². The summed E-state index contributed by atoms with van der Waals surface area (Å²) >= 11 is 0. The summed E-state index contributed by atoms with van der Waals surface area (Å²) in [6.07, 6.45) is -0.727. The highest BCUT2D eigenvalue weighted by Gasteiger charge is 2.22. The number of ether oxygens (including phenoxy) is 3. The highest BCUT2D eigenvalue weighted by atomic mass is 16.6. The van der Waals surface area contributed by atoms with Crippen LogP contribution in [0.3, 0.4) is 0 Å². The summed E-state index contributed by atoms with van der Waals surface area (Å²) in [6.45, 7) is 6.61. The highest BCUT2D eigenvalue weighted by molar-refractivity contribution is 6.04. The predicted octanol–water partition coefficient (Wildman–Crippen LogP) is 2.63. The number of carbonyl (C=O) groups is 2. The van der Waals surface area contributed by atoms with E-state index in [-0.39, 0.29) is 16.9 Å². The quantitative estimate of drug-likeness (QED) is 0.467. The van der Waals surface area contributed by atoms with E-state index in [1.54, 1.807) is 20.8 Å². The molecule has 0 unspecified atom stereocenters. The first-order valence-corrected chi connectivity index (χ1v) is 7.70. The first-order chi connectivity index (χ1) is 11.9. The molecule has 1 atom stereocenters. The summed E-state index contributed by atoms with van der Waals surface area (Å²) in [5.41, 5.74) is -0.674. The molecule has 0 spiro atoms. The normalized spacial score (nSPS) is 11.9. The number of alkyl carbamates (subject to hydrolysis) is 1. The molecule has 0 aliphatic heterocycles. The van der Waals surface area contributed by atoms with E-state index in [2.05, 4.69) is 5.32 Å². The van der Waals surface area contributed by atoms with Crippen molar-refractivity contribution in [2.45, 2.75) is 39.3 Å². The number of rotatable bonds is 5. The van der Waals surface area contributed by atoms with Crippen LogP contribution in [0.2, 0.25) is 0 Å². The van der Waals surface area contributed by atoms with Crippen molar-refractivity contribution in [1.82, 2.24) is 5.32 Å². The van der Waals surface area contributed by atoms with Crippen molar-refractivity contribution in [3.05, 3.63) is 29.3 Å². The lowest BCUT2D eigenvalue weighted by Gasteiger charge is -2.22. The number of benzene rings is 1. The van der Waals surface area contributed by atoms with Crippen LogP contribution in [0, 0.1) is 10.8 Å². The first kappa shape index (κ1) is 20.9. The fraction of sp³-hybridized carbons (Fsp3) is 0.412. The first-order valence-electron chi connectivity index (χ1n) is 7.70. The zero-order valence-corrected chi connectivity index (χ0v) is 15.3. The SMILES string of the molecule is COc1ccc(C(=O)O)cc1C(=N)OC(=N)[C@H](C)NC(=O)OC(C)(C)C. The van der Waals surface area contributed by atoms with Gasteiger partial charge in [-0.25, -0.2) is 9.59 Å². The van der Waals surface area contributed by atoms with E-state index in [0.29, 0.717) is 0 Å². The molecule has 1 aromatic rings. The monoisotopic (exact) mass is 365 g/mol. The van der Waals surface area contributed by atoms with Crippen molar-refractivity contribution in [2.75, 3.05) is 7.11 Å². The summed E-state index contributed by atoms with van der Waals surface area (Å²) < 4.78 is 15.3. The van der Waals surface area contributed by atoms with Crippen molar-refractivity contribution < 1.29 is 28.9 Å². The topological polar surface area (TPSA) is 142 Å². The summed E-state index contributed by atoms with van der Waals surface area (Å²) in [6, 6.07) is 3.07. The number of carbonyl (C=O) groups excluding carboxylic acids is 1. The molecule has 0 radical (unpaired) electrons. The molecular weight excluding hydrogens is 342 g/mol. The average Bonchev–Trinajstić information content (AvgIpc) is 2.51. The molecule has 0 saturated heterocycles. The van der Waals surface area contributed by atoms with E-state index in [1.165, 1.54) is 32.2 Å². The molecule has 1 aromatic carbocycles. The van der Waals surface area contributed by atoms with Crippen LogP contribution in [0.1, 0.15) is 43.6 Å². The average molecular weight is 365 g/mol. The molecule has 0 aliphatic carbocycles. The molecule has 9 heteroatoms. The number of nitrogens with one attached hydrogen (secondary N) is 3. The van der Waals surface area contributed by atoms with E-state index in [0.717, 1.165) is 0 Å². The van der Waals surface area contributed by atoms with Crippen LogP contribution < -0.4 is 10.1 Å². The maximum atomic E-state index is 11.7. The molecule has 0 aliphatic rings. The van der Waals surface area contributed by atoms with Crippen molar-refractivity contribution in [3.63, 3.8) is 0 Å². The van der Waals surface area contributed by atoms with Gasteiger partial charge in [0.15, 0.2) is 0 Å². The second-order valence-electron chi connectivity index (χ2n) is 6.38. The third-order valence-corrected chi connectivity index (χ3v) is 3.03. The molecule has 26 heavy (non-hydrogen) atoms. The second-order valence-corrected chi connectivity index (χ2v) is 6.38. The molecular formula is C17H23N3O6. The van der Waals surface area contributed by atoms with Crippen LogP contribution in [0.15, 0.2) is 18.2 Å². The van der Waals surface area contributed by atoms with E-state index in [4.69, 9.17) is 30.1 Å². The van der Waals surface area contributed by atoms with Crippen LogP contribution in [-0.2, 0) is 9.47 Å². The number of aromatic carboxylic acids is 1. The largest absolute Gasteiger partial charge is 0.496 e. The molecule has 9 nitrogen and oxygen atoms in total. The van der Waals surface area contributed by atoms with Crippen LogP contribution >= 0.6 is 0 Å². The summed E-state index contributed by atoms with van der Waals surface area (Å²) in [4.78, 5) is 22.8. The Morgan fingerprint density at radius 3 is 2.35 bits per heavy atom. The number of hydrogen-bond donors (Lipinski definition) is 4. The number of methoxy groups -OCH3 is 1. The standard InChI is InChI=1S/C17H23N3O6/c1-9(20-16(23)26-17(2,3)4)13(18)25-14(19)11-8-10(15(21)22)6-7-12(11)24-5/h6-9,18-19H,1-5H3,(H,20,23)(H,21,22)/t9-/m0/s1. The Labute approximate surface area is 151 Å². The van der Waals surface area contributed by atoms with E-state index in [1.807, 2.05) is 0 Å². The van der Waals surface area contributed by atoms with Crippen molar-refractivity contribution in [3.8, 4) is 5.75 Å². The van der Waals surface area contributed by atoms with Gasteiger partial charge in [-0.1, -0.05) is 0 Å². The predicted molar refractivity (Wildman–Crippen MR) is 94.4 cm³/mol. The van der Waals surface area contributed by atoms with Gasteiger partial charge in [0.1, 0.15) is 17.4 Å². The Balaban J connectivity index is 2.83. The van der Waals surface area contributed by atoms with Gasteiger partial charge in [-0.3, -0.25) is 10.8 Å². The lowest BCUT2D eigenvalue weighted by atomic mass is 10.1. The van der Waals surface area contributed by atoms with Crippen molar-refractivity contribution in [1.29, 1.82) is 10.8 Å². The molecule has 0 aromatic heterocycles. The van der Waals surface area contributed by atoms with Crippen molar-refractivity contribution in [2.24, 2.45) is 0 Å². The third kappa shape index (κ3) is 6.08. The Hall–Kier alpha value is -3.10. The minimum atomic E-state index is -1.17. The summed E-state index contributed by atoms with van der Waals surface area (Å²) in [5, 5.41) is 27.3. The van der Waals surface area contributed by atoms with Gasteiger partial charge in [0.2, 0.25) is 11.8 Å². The van der Waals surface area contributed by atoms with Crippen LogP contribution in [0.4, 0.5) is 4.79 Å². The minimum absolute atomic E-state index is 0.0550. The lowest BCUT2D eigenvalue weighted by molar-refractivity contribution is 0.0517. The van der Waals surface area contributed by atoms with Crippen LogP contribution in [0.5, 0.6) is 5.75 Å². The van der Waals surface area contributed by atoms with Crippen LogP contribution in [0.25, 0.3) is 0 Å². The Kier molecular flexibility index (Phi) is 6.71. The maximum Gasteiger partial charge on any atom is 0.408 e. The third-order valence-electron chi connectivity index (χ3n) is 3.03. The molecule has 4 N–H and O–H groups in total. The summed E-state index contributed by atoms with van der Waals surface area (Å²) in [5.74, 6) is -1.84. The number of amides is 1. The van der Waals surface area contributed by atoms with Gasteiger partial charge in [0.25, 0.3) is 0 Å². The van der Waals surface area contributed by atoms with Gasteiger partial charge in [-0.2, -0.15) is 0 Å². The van der Waals surface area contributed by atoms with Gasteiger partial charge in [0, 0.05) is 0 Å². The van der Waals surface area contributed by atoms with E-state index in [9.17, 15) is 9.59 Å². The lowest BCUT2D eigenvalue weighted by Crippen LogP contribution is -2.42.